The first-order valence-corrected chi connectivity index (χ1v) is 8.26. The zero-order valence-corrected chi connectivity index (χ0v) is 14.7. The number of likely N-dealkylation sites (N-methyl/N-ethyl adjacent to an activating group) is 1. The normalized spacial score (nSPS) is 18.4. The molecule has 4 nitrogen and oxygen atoms in total. The number of carbonyl (C=O) groups is 1. The Labute approximate surface area is 147 Å². The molecular weight excluding hydrogens is 355 g/mol. The van der Waals surface area contributed by atoms with Gasteiger partial charge in [-0.1, -0.05) is 23.2 Å². The number of carbonyl (C=O) groups excluding carboxylic acids is 1. The van der Waals surface area contributed by atoms with E-state index < -0.39 is 0 Å². The van der Waals surface area contributed by atoms with Crippen LogP contribution in [0.4, 0.5) is 0 Å². The van der Waals surface area contributed by atoms with E-state index in [-0.39, 0.29) is 5.91 Å². The molecule has 7 heteroatoms. The zero-order valence-electron chi connectivity index (χ0n) is 12.3. The van der Waals surface area contributed by atoms with Crippen molar-refractivity contribution in [3.8, 4) is 11.3 Å². The summed E-state index contributed by atoms with van der Waals surface area (Å²) in [7, 11) is 3.35. The van der Waals surface area contributed by atoms with Gasteiger partial charge in [0.05, 0.1) is 4.91 Å². The molecule has 1 saturated heterocycles. The molecule has 3 rings (SSSR count). The third-order valence-electron chi connectivity index (χ3n) is 3.24. The predicted molar refractivity (Wildman–Crippen MR) is 95.9 cm³/mol. The molecule has 2 heterocycles. The van der Waals surface area contributed by atoms with Crippen molar-refractivity contribution >= 4 is 52.1 Å². The van der Waals surface area contributed by atoms with Crippen molar-refractivity contribution in [2.45, 2.75) is 0 Å². The number of furan rings is 1. The Hall–Kier alpha value is -1.69. The third kappa shape index (κ3) is 3.32. The van der Waals surface area contributed by atoms with Crippen LogP contribution in [-0.4, -0.2) is 30.1 Å². The standard InChI is InChI=1S/C16H12Cl2N2O2S/c1-19-16-20(2)15(21)14(23-16)8-12-3-4-13(22-12)9-5-10(17)7-11(18)6-9/h3-8H,1-2H3/b14-8+,19-16?. The van der Waals surface area contributed by atoms with Gasteiger partial charge in [0.2, 0.25) is 0 Å². The van der Waals surface area contributed by atoms with Crippen molar-refractivity contribution in [3.05, 3.63) is 51.0 Å². The fourth-order valence-electron chi connectivity index (χ4n) is 2.16. The van der Waals surface area contributed by atoms with Crippen LogP contribution in [0.25, 0.3) is 17.4 Å². The van der Waals surface area contributed by atoms with Crippen molar-refractivity contribution in [2.75, 3.05) is 14.1 Å². The molecule has 1 amide bonds. The van der Waals surface area contributed by atoms with Crippen LogP contribution >= 0.6 is 35.0 Å². The average Bonchev–Trinajstić information content (AvgIpc) is 3.07. The Morgan fingerprint density at radius 1 is 1.22 bits per heavy atom. The first-order valence-electron chi connectivity index (χ1n) is 6.68. The molecule has 0 spiro atoms. The maximum absolute atomic E-state index is 12.1. The van der Waals surface area contributed by atoms with Gasteiger partial charge < -0.3 is 4.42 Å². The molecule has 1 fully saturated rings. The summed E-state index contributed by atoms with van der Waals surface area (Å²) in [4.78, 5) is 18.3. The Morgan fingerprint density at radius 3 is 2.52 bits per heavy atom. The molecule has 1 aliphatic rings. The summed E-state index contributed by atoms with van der Waals surface area (Å²) in [6, 6.07) is 8.82. The molecule has 0 aliphatic carbocycles. The van der Waals surface area contributed by atoms with Gasteiger partial charge in [-0.15, -0.1) is 0 Å². The van der Waals surface area contributed by atoms with Gasteiger partial charge in [-0.2, -0.15) is 0 Å². The molecule has 0 unspecified atom stereocenters. The van der Waals surface area contributed by atoms with Crippen molar-refractivity contribution < 1.29 is 9.21 Å². The highest BCUT2D eigenvalue weighted by atomic mass is 35.5. The Balaban J connectivity index is 1.91. The van der Waals surface area contributed by atoms with Gasteiger partial charge >= 0.3 is 0 Å². The van der Waals surface area contributed by atoms with Crippen LogP contribution in [0.5, 0.6) is 0 Å². The van der Waals surface area contributed by atoms with Gasteiger partial charge in [0, 0.05) is 35.8 Å². The summed E-state index contributed by atoms with van der Waals surface area (Å²) in [5.41, 5.74) is 0.783. The number of nitrogens with zero attached hydrogens (tertiary/aromatic N) is 2. The minimum atomic E-state index is -0.0978. The lowest BCUT2D eigenvalue weighted by Crippen LogP contribution is -2.23. The number of aliphatic imine (C=N–C) groups is 1. The minimum Gasteiger partial charge on any atom is -0.457 e. The summed E-state index contributed by atoms with van der Waals surface area (Å²) in [6.45, 7) is 0. The van der Waals surface area contributed by atoms with E-state index in [1.54, 1.807) is 44.4 Å². The molecule has 0 bridgehead atoms. The fraction of sp³-hybridized carbons (Fsp3) is 0.125. The summed E-state index contributed by atoms with van der Waals surface area (Å²) in [5.74, 6) is 1.12. The van der Waals surface area contributed by atoms with Gasteiger partial charge in [0.1, 0.15) is 11.5 Å². The third-order valence-corrected chi connectivity index (χ3v) is 4.83. The minimum absolute atomic E-state index is 0.0978. The first kappa shape index (κ1) is 16.2. The van der Waals surface area contributed by atoms with E-state index in [0.717, 1.165) is 5.56 Å². The van der Waals surface area contributed by atoms with E-state index in [9.17, 15) is 4.79 Å². The summed E-state index contributed by atoms with van der Waals surface area (Å²) in [5, 5.41) is 1.74. The molecule has 2 aromatic rings. The monoisotopic (exact) mass is 366 g/mol. The van der Waals surface area contributed by atoms with E-state index in [0.29, 0.717) is 31.6 Å². The summed E-state index contributed by atoms with van der Waals surface area (Å²) in [6.07, 6.45) is 1.71. The highest BCUT2D eigenvalue weighted by molar-refractivity contribution is 8.18. The Kier molecular flexibility index (Phi) is 4.53. The second kappa shape index (κ2) is 6.43. The van der Waals surface area contributed by atoms with Gasteiger partial charge in [-0.3, -0.25) is 14.7 Å². The lowest BCUT2D eigenvalue weighted by atomic mass is 10.2. The molecule has 23 heavy (non-hydrogen) atoms. The van der Waals surface area contributed by atoms with Crippen LogP contribution in [0.15, 0.2) is 44.6 Å². The van der Waals surface area contributed by atoms with Crippen LogP contribution < -0.4 is 0 Å². The van der Waals surface area contributed by atoms with Crippen molar-refractivity contribution in [2.24, 2.45) is 4.99 Å². The highest BCUT2D eigenvalue weighted by Crippen LogP contribution is 2.33. The number of amidine groups is 1. The van der Waals surface area contributed by atoms with Crippen molar-refractivity contribution in [1.29, 1.82) is 0 Å². The summed E-state index contributed by atoms with van der Waals surface area (Å²) < 4.78 is 5.78. The van der Waals surface area contributed by atoms with Gasteiger partial charge in [0.25, 0.3) is 5.91 Å². The van der Waals surface area contributed by atoms with Gasteiger partial charge in [0.15, 0.2) is 5.17 Å². The smallest absolute Gasteiger partial charge is 0.266 e. The topological polar surface area (TPSA) is 45.8 Å². The van der Waals surface area contributed by atoms with E-state index in [2.05, 4.69) is 4.99 Å². The van der Waals surface area contributed by atoms with Crippen LogP contribution in [0.1, 0.15) is 5.76 Å². The number of halogens is 2. The molecule has 0 N–H and O–H groups in total. The van der Waals surface area contributed by atoms with E-state index in [1.165, 1.54) is 16.7 Å². The van der Waals surface area contributed by atoms with E-state index >= 15 is 0 Å². The first-order chi connectivity index (χ1) is 11.0. The second-order valence-electron chi connectivity index (χ2n) is 4.84. The quantitative estimate of drug-likeness (QED) is 0.718. The second-order valence-corrected chi connectivity index (χ2v) is 6.72. The predicted octanol–water partition coefficient (Wildman–Crippen LogP) is 4.79. The molecular formula is C16H12Cl2N2O2S. The lowest BCUT2D eigenvalue weighted by Gasteiger charge is -2.04. The molecule has 1 aromatic carbocycles. The van der Waals surface area contributed by atoms with Crippen LogP contribution in [0.3, 0.4) is 0 Å². The number of amides is 1. The van der Waals surface area contributed by atoms with E-state index in [1.807, 2.05) is 6.07 Å². The van der Waals surface area contributed by atoms with E-state index in [4.69, 9.17) is 27.6 Å². The largest absolute Gasteiger partial charge is 0.457 e. The maximum atomic E-state index is 12.1. The SMILES string of the molecule is CN=C1S/C(=C/c2ccc(-c3cc(Cl)cc(Cl)c3)o2)C(=O)N1C. The molecule has 0 saturated carbocycles. The number of rotatable bonds is 2. The number of thioether (sulfide) groups is 1. The Bertz CT molecular complexity index is 822. The van der Waals surface area contributed by atoms with Crippen molar-refractivity contribution in [1.82, 2.24) is 4.90 Å². The van der Waals surface area contributed by atoms with Gasteiger partial charge in [-0.25, -0.2) is 0 Å². The number of hydrogen-bond donors (Lipinski definition) is 0. The molecule has 1 aromatic heterocycles. The van der Waals surface area contributed by atoms with Crippen LogP contribution in [-0.2, 0) is 4.79 Å². The number of hydrogen-bond acceptors (Lipinski definition) is 4. The number of benzene rings is 1. The molecule has 1 aliphatic heterocycles. The highest BCUT2D eigenvalue weighted by Gasteiger charge is 2.30. The fourth-order valence-corrected chi connectivity index (χ4v) is 3.59. The molecule has 0 atom stereocenters. The summed E-state index contributed by atoms with van der Waals surface area (Å²) >= 11 is 13.3. The molecule has 0 radical (unpaired) electrons. The zero-order chi connectivity index (χ0) is 16.6. The van der Waals surface area contributed by atoms with Crippen LogP contribution in [0.2, 0.25) is 10.0 Å². The van der Waals surface area contributed by atoms with Gasteiger partial charge in [-0.05, 0) is 42.1 Å². The average molecular weight is 367 g/mol. The lowest BCUT2D eigenvalue weighted by molar-refractivity contribution is -0.121. The van der Waals surface area contributed by atoms with Crippen molar-refractivity contribution in [3.63, 3.8) is 0 Å². The Morgan fingerprint density at radius 2 is 1.91 bits per heavy atom. The maximum Gasteiger partial charge on any atom is 0.266 e. The molecule has 118 valence electrons. The van der Waals surface area contributed by atoms with Crippen LogP contribution in [0, 0.1) is 0 Å².